The Kier molecular flexibility index (Phi) is 6.81. The first-order chi connectivity index (χ1) is 8.26. The first-order valence-corrected chi connectivity index (χ1v) is 6.01. The topological polar surface area (TPSA) is 69.7 Å². The van der Waals surface area contributed by atoms with Crippen LogP contribution in [-0.4, -0.2) is 47.5 Å². The lowest BCUT2D eigenvalue weighted by Gasteiger charge is -2.24. The molecule has 0 aliphatic heterocycles. The first kappa shape index (κ1) is 14.1. The zero-order valence-electron chi connectivity index (χ0n) is 10.1. The summed E-state index contributed by atoms with van der Waals surface area (Å²) in [5.41, 5.74) is 6.62. The smallest absolute Gasteiger partial charge is 0.0789 e. The minimum absolute atomic E-state index is 0.171. The van der Waals surface area contributed by atoms with E-state index in [4.69, 9.17) is 10.8 Å². The molecular formula is C13H22N2O2. The Morgan fingerprint density at radius 1 is 1.24 bits per heavy atom. The molecule has 4 heteroatoms. The van der Waals surface area contributed by atoms with Gasteiger partial charge in [-0.05, 0) is 12.0 Å². The zero-order valence-corrected chi connectivity index (χ0v) is 10.1. The van der Waals surface area contributed by atoms with Gasteiger partial charge in [0.25, 0.3) is 0 Å². The summed E-state index contributed by atoms with van der Waals surface area (Å²) >= 11 is 0. The van der Waals surface area contributed by atoms with Gasteiger partial charge in [-0.2, -0.15) is 0 Å². The summed E-state index contributed by atoms with van der Waals surface area (Å²) in [5, 5.41) is 18.4. The van der Waals surface area contributed by atoms with E-state index >= 15 is 0 Å². The largest absolute Gasteiger partial charge is 0.396 e. The van der Waals surface area contributed by atoms with E-state index in [-0.39, 0.29) is 13.2 Å². The van der Waals surface area contributed by atoms with E-state index in [0.717, 1.165) is 13.1 Å². The summed E-state index contributed by atoms with van der Waals surface area (Å²) in [6.07, 6.45) is 0.210. The molecule has 0 saturated carbocycles. The van der Waals surface area contributed by atoms with E-state index in [0.29, 0.717) is 13.0 Å². The van der Waals surface area contributed by atoms with E-state index in [2.05, 4.69) is 17.0 Å². The predicted octanol–water partition coefficient (Wildman–Crippen LogP) is 0.191. The third-order valence-electron chi connectivity index (χ3n) is 2.62. The van der Waals surface area contributed by atoms with Crippen molar-refractivity contribution >= 4 is 0 Å². The molecule has 4 N–H and O–H groups in total. The van der Waals surface area contributed by atoms with Crippen LogP contribution in [0.25, 0.3) is 0 Å². The second-order valence-corrected chi connectivity index (χ2v) is 4.19. The molecule has 4 nitrogen and oxygen atoms in total. The van der Waals surface area contributed by atoms with Gasteiger partial charge in [-0.3, -0.25) is 4.90 Å². The second kappa shape index (κ2) is 8.20. The van der Waals surface area contributed by atoms with Crippen molar-refractivity contribution in [2.75, 3.05) is 26.2 Å². The van der Waals surface area contributed by atoms with Crippen molar-refractivity contribution in [2.45, 2.75) is 19.1 Å². The average Bonchev–Trinajstić information content (AvgIpc) is 2.37. The quantitative estimate of drug-likeness (QED) is 0.605. The van der Waals surface area contributed by atoms with Crippen LogP contribution in [0.5, 0.6) is 0 Å². The molecule has 0 heterocycles. The van der Waals surface area contributed by atoms with Crippen LogP contribution in [0.1, 0.15) is 12.0 Å². The summed E-state index contributed by atoms with van der Waals surface area (Å²) in [7, 11) is 0. The summed E-state index contributed by atoms with van der Waals surface area (Å²) < 4.78 is 0. The number of aliphatic hydroxyl groups is 2. The third-order valence-corrected chi connectivity index (χ3v) is 2.62. The van der Waals surface area contributed by atoms with Crippen LogP contribution in [0.15, 0.2) is 30.3 Å². The van der Waals surface area contributed by atoms with Crippen molar-refractivity contribution in [3.63, 3.8) is 0 Å². The van der Waals surface area contributed by atoms with E-state index in [1.165, 1.54) is 5.56 Å². The second-order valence-electron chi connectivity index (χ2n) is 4.19. The van der Waals surface area contributed by atoms with Crippen LogP contribution in [-0.2, 0) is 6.54 Å². The van der Waals surface area contributed by atoms with Crippen molar-refractivity contribution in [3.05, 3.63) is 35.9 Å². The minimum atomic E-state index is -0.502. The van der Waals surface area contributed by atoms with E-state index in [1.807, 2.05) is 18.2 Å². The van der Waals surface area contributed by atoms with Crippen molar-refractivity contribution in [3.8, 4) is 0 Å². The Morgan fingerprint density at radius 3 is 2.53 bits per heavy atom. The molecule has 1 rings (SSSR count). The highest BCUT2D eigenvalue weighted by molar-refractivity contribution is 5.14. The molecule has 96 valence electrons. The number of rotatable bonds is 8. The highest BCUT2D eigenvalue weighted by atomic mass is 16.3. The third kappa shape index (κ3) is 5.79. The lowest BCUT2D eigenvalue weighted by atomic mass is 10.2. The van der Waals surface area contributed by atoms with Gasteiger partial charge in [-0.25, -0.2) is 0 Å². The molecule has 1 atom stereocenters. The van der Waals surface area contributed by atoms with Crippen molar-refractivity contribution < 1.29 is 10.2 Å². The number of hydrogen-bond acceptors (Lipinski definition) is 4. The molecule has 0 saturated heterocycles. The van der Waals surface area contributed by atoms with Crippen molar-refractivity contribution in [1.82, 2.24) is 4.90 Å². The number of aliphatic hydroxyl groups excluding tert-OH is 2. The maximum Gasteiger partial charge on any atom is 0.0789 e. The summed E-state index contributed by atoms with van der Waals surface area (Å²) in [4.78, 5) is 2.11. The minimum Gasteiger partial charge on any atom is -0.396 e. The van der Waals surface area contributed by atoms with Crippen LogP contribution in [0.2, 0.25) is 0 Å². The molecule has 0 aromatic heterocycles. The SMILES string of the molecule is NCC(O)CN(CCCO)Cc1ccccc1. The Balaban J connectivity index is 2.50. The number of benzene rings is 1. The predicted molar refractivity (Wildman–Crippen MR) is 68.5 cm³/mol. The normalized spacial score (nSPS) is 12.9. The molecule has 0 spiro atoms. The standard InChI is InChI=1S/C13H22N2O2/c14-9-13(17)11-15(7-4-8-16)10-12-5-2-1-3-6-12/h1-3,5-6,13,16-17H,4,7-11,14H2. The van der Waals surface area contributed by atoms with Gasteiger partial charge in [0.05, 0.1) is 6.10 Å². The average molecular weight is 238 g/mol. The Morgan fingerprint density at radius 2 is 1.94 bits per heavy atom. The molecule has 0 amide bonds. The van der Waals surface area contributed by atoms with Crippen LogP contribution in [0, 0.1) is 0 Å². The number of hydrogen-bond donors (Lipinski definition) is 3. The van der Waals surface area contributed by atoms with Crippen LogP contribution < -0.4 is 5.73 Å². The molecule has 17 heavy (non-hydrogen) atoms. The summed E-state index contributed by atoms with van der Waals surface area (Å²) in [5.74, 6) is 0. The molecule has 1 aromatic rings. The molecule has 0 radical (unpaired) electrons. The molecule has 1 unspecified atom stereocenters. The van der Waals surface area contributed by atoms with Gasteiger partial charge in [0.2, 0.25) is 0 Å². The van der Waals surface area contributed by atoms with Gasteiger partial charge in [0, 0.05) is 32.8 Å². The van der Waals surface area contributed by atoms with E-state index in [9.17, 15) is 5.11 Å². The first-order valence-electron chi connectivity index (χ1n) is 6.01. The molecule has 0 aliphatic carbocycles. The lowest BCUT2D eigenvalue weighted by molar-refractivity contribution is 0.109. The molecule has 0 bridgehead atoms. The van der Waals surface area contributed by atoms with Gasteiger partial charge in [-0.15, -0.1) is 0 Å². The van der Waals surface area contributed by atoms with Crippen molar-refractivity contribution in [1.29, 1.82) is 0 Å². The van der Waals surface area contributed by atoms with Crippen LogP contribution in [0.3, 0.4) is 0 Å². The van der Waals surface area contributed by atoms with Crippen LogP contribution in [0.4, 0.5) is 0 Å². The van der Waals surface area contributed by atoms with Gasteiger partial charge in [0.15, 0.2) is 0 Å². The highest BCUT2D eigenvalue weighted by Gasteiger charge is 2.10. The molecule has 0 aliphatic rings. The Labute approximate surface area is 103 Å². The molecular weight excluding hydrogens is 216 g/mol. The molecule has 1 aromatic carbocycles. The van der Waals surface area contributed by atoms with Crippen molar-refractivity contribution in [2.24, 2.45) is 5.73 Å². The maximum absolute atomic E-state index is 9.58. The fraction of sp³-hybridized carbons (Fsp3) is 0.538. The van der Waals surface area contributed by atoms with Crippen LogP contribution >= 0.6 is 0 Å². The Bertz CT molecular complexity index is 293. The fourth-order valence-electron chi connectivity index (χ4n) is 1.74. The van der Waals surface area contributed by atoms with Gasteiger partial charge < -0.3 is 15.9 Å². The van der Waals surface area contributed by atoms with E-state index in [1.54, 1.807) is 0 Å². The summed E-state index contributed by atoms with van der Waals surface area (Å²) in [6.45, 7) is 2.53. The maximum atomic E-state index is 9.58. The van der Waals surface area contributed by atoms with Gasteiger partial charge >= 0.3 is 0 Å². The lowest BCUT2D eigenvalue weighted by Crippen LogP contribution is -2.37. The molecule has 0 fully saturated rings. The van der Waals surface area contributed by atoms with Gasteiger partial charge in [-0.1, -0.05) is 30.3 Å². The number of nitrogens with two attached hydrogens (primary N) is 1. The summed E-state index contributed by atoms with van der Waals surface area (Å²) in [6, 6.07) is 10.1. The fourth-order valence-corrected chi connectivity index (χ4v) is 1.74. The zero-order chi connectivity index (χ0) is 12.5. The Hall–Kier alpha value is -0.940. The van der Waals surface area contributed by atoms with E-state index < -0.39 is 6.10 Å². The highest BCUT2D eigenvalue weighted by Crippen LogP contribution is 2.05. The number of nitrogens with zero attached hydrogens (tertiary/aromatic N) is 1. The van der Waals surface area contributed by atoms with Gasteiger partial charge in [0.1, 0.15) is 0 Å². The monoisotopic (exact) mass is 238 g/mol.